The van der Waals surface area contributed by atoms with Crippen LogP contribution in [0.25, 0.3) is 0 Å². The number of rotatable bonds is 2. The molecule has 2 amide bonds. The maximum Gasteiger partial charge on any atom is 0.424 e. The fraction of sp³-hybridized carbons (Fsp3) is 0.556. The van der Waals surface area contributed by atoms with Crippen LogP contribution >= 0.6 is 15.9 Å². The van der Waals surface area contributed by atoms with E-state index in [0.717, 1.165) is 0 Å². The van der Waals surface area contributed by atoms with Gasteiger partial charge in [0.05, 0.1) is 12.8 Å². The highest BCUT2D eigenvalue weighted by Crippen LogP contribution is 2.37. The van der Waals surface area contributed by atoms with Crippen LogP contribution in [0, 0.1) is 6.85 Å². The van der Waals surface area contributed by atoms with Gasteiger partial charge in [-0.1, -0.05) is 0 Å². The number of carbonyl (C=O) groups excluding carboxylic acids is 2. The number of halogens is 1. The third-order valence-corrected chi connectivity index (χ3v) is 3.33. The summed E-state index contributed by atoms with van der Waals surface area (Å²) in [6.07, 6.45) is -2.14. The van der Waals surface area contributed by atoms with E-state index in [1.165, 1.54) is 19.2 Å². The molecule has 0 aliphatic carbocycles. The van der Waals surface area contributed by atoms with Crippen LogP contribution in [0.15, 0.2) is 16.6 Å². The number of amides is 2. The molecule has 0 spiro atoms. The molecule has 0 saturated heterocycles. The number of ether oxygens (including phenoxy) is 3. The van der Waals surface area contributed by atoms with Crippen molar-refractivity contribution in [2.75, 3.05) is 12.0 Å². The highest BCUT2D eigenvalue weighted by atomic mass is 79.9. The van der Waals surface area contributed by atoms with Crippen molar-refractivity contribution in [2.24, 2.45) is 0 Å². The Hall–Kier alpha value is -1.76. The van der Waals surface area contributed by atoms with E-state index < -0.39 is 30.2 Å². The van der Waals surface area contributed by atoms with Gasteiger partial charge in [-0.3, -0.25) is 0 Å². The number of hydrogen-bond acceptors (Lipinski definition) is 5. The molecule has 0 heterocycles. The van der Waals surface area contributed by atoms with Crippen LogP contribution in [-0.4, -0.2) is 30.5 Å². The van der Waals surface area contributed by atoms with E-state index in [4.69, 9.17) is 18.3 Å². The first-order chi connectivity index (χ1) is 12.5. The molecule has 0 unspecified atom stereocenters. The molecule has 0 N–H and O–H groups in total. The number of hydrogen-bond donors (Lipinski definition) is 0. The largest absolute Gasteiger partial charge is 0.496 e. The number of nitrogens with zero attached hydrogens (tertiary/aromatic N) is 1. The lowest BCUT2D eigenvalue weighted by molar-refractivity contribution is 0.0430. The minimum atomic E-state index is -2.69. The fourth-order valence-electron chi connectivity index (χ4n) is 1.81. The lowest BCUT2D eigenvalue weighted by Crippen LogP contribution is -2.44. The molecule has 0 aromatic heterocycles. The van der Waals surface area contributed by atoms with E-state index >= 15 is 0 Å². The molecule has 0 fully saturated rings. The highest BCUT2D eigenvalue weighted by Gasteiger charge is 2.35. The van der Waals surface area contributed by atoms with Gasteiger partial charge < -0.3 is 14.2 Å². The van der Waals surface area contributed by atoms with Gasteiger partial charge >= 0.3 is 12.2 Å². The second kappa shape index (κ2) is 7.64. The van der Waals surface area contributed by atoms with Crippen LogP contribution in [-0.2, 0) is 9.47 Å². The zero-order chi connectivity index (χ0) is 22.1. The average Bonchev–Trinajstić information content (AvgIpc) is 2.43. The zero-order valence-corrected chi connectivity index (χ0v) is 17.1. The van der Waals surface area contributed by atoms with Gasteiger partial charge in [0.15, 0.2) is 0 Å². The molecule has 140 valence electrons. The number of methoxy groups -OCH3 is 1. The van der Waals surface area contributed by atoms with E-state index in [2.05, 4.69) is 15.9 Å². The van der Waals surface area contributed by atoms with Crippen molar-refractivity contribution in [1.29, 1.82) is 0 Å². The van der Waals surface area contributed by atoms with Crippen molar-refractivity contribution in [3.8, 4) is 5.75 Å². The maximum absolute atomic E-state index is 12.9. The van der Waals surface area contributed by atoms with Crippen molar-refractivity contribution in [3.05, 3.63) is 22.2 Å². The van der Waals surface area contributed by atoms with Gasteiger partial charge in [-0.25, -0.2) is 9.59 Å². The Balaban J connectivity index is 3.75. The summed E-state index contributed by atoms with van der Waals surface area (Å²) in [5.74, 6) is -0.00434. The smallest absolute Gasteiger partial charge is 0.424 e. The van der Waals surface area contributed by atoms with Crippen molar-refractivity contribution in [2.45, 2.75) is 59.6 Å². The third kappa shape index (κ3) is 5.92. The van der Waals surface area contributed by atoms with Crippen LogP contribution < -0.4 is 9.64 Å². The van der Waals surface area contributed by atoms with Crippen LogP contribution in [0.1, 0.15) is 51.2 Å². The number of anilines is 1. The number of carbonyl (C=O) groups is 2. The topological polar surface area (TPSA) is 65.1 Å². The van der Waals surface area contributed by atoms with E-state index in [1.54, 1.807) is 41.5 Å². The molecular weight excluding hydrogens is 390 g/mol. The van der Waals surface area contributed by atoms with Gasteiger partial charge in [-0.2, -0.15) is 4.90 Å². The first-order valence-corrected chi connectivity index (χ1v) is 8.40. The summed E-state index contributed by atoms with van der Waals surface area (Å²) in [4.78, 5) is 26.3. The van der Waals surface area contributed by atoms with E-state index in [1.807, 2.05) is 0 Å². The molecule has 0 saturated carbocycles. The SMILES string of the molecule is [2H]C([2H])([2H])c1c(OC)ccc(Br)c1N(C(=O)OC(C)(C)C)C(=O)OC(C)(C)C. The normalized spacial score (nSPS) is 14.0. The summed E-state index contributed by atoms with van der Waals surface area (Å²) >= 11 is 3.24. The molecule has 0 bridgehead atoms. The lowest BCUT2D eigenvalue weighted by Gasteiger charge is -2.30. The van der Waals surface area contributed by atoms with Crippen LogP contribution in [0.4, 0.5) is 15.3 Å². The van der Waals surface area contributed by atoms with Crippen molar-refractivity contribution in [1.82, 2.24) is 0 Å². The van der Waals surface area contributed by atoms with Gasteiger partial charge in [0.2, 0.25) is 0 Å². The maximum atomic E-state index is 12.9. The Labute approximate surface area is 161 Å². The summed E-state index contributed by atoms with van der Waals surface area (Å²) in [5, 5.41) is 0. The molecule has 1 aromatic rings. The van der Waals surface area contributed by atoms with Crippen LogP contribution in [0.2, 0.25) is 0 Å². The Bertz CT molecular complexity index is 723. The lowest BCUT2D eigenvalue weighted by atomic mass is 10.1. The van der Waals surface area contributed by atoms with Crippen LogP contribution in [0.3, 0.4) is 0 Å². The Kier molecular flexibility index (Phi) is 5.10. The second-order valence-electron chi connectivity index (χ2n) is 7.27. The third-order valence-electron chi connectivity index (χ3n) is 2.69. The molecule has 6 nitrogen and oxygen atoms in total. The molecule has 0 atom stereocenters. The average molecular weight is 419 g/mol. The zero-order valence-electron chi connectivity index (χ0n) is 18.5. The van der Waals surface area contributed by atoms with Gasteiger partial charge in [0.1, 0.15) is 17.0 Å². The van der Waals surface area contributed by atoms with Crippen molar-refractivity contribution in [3.63, 3.8) is 0 Å². The van der Waals surface area contributed by atoms with E-state index in [0.29, 0.717) is 4.90 Å². The van der Waals surface area contributed by atoms with Gasteiger partial charge in [0.25, 0.3) is 0 Å². The molecule has 0 aliphatic rings. The Morgan fingerprint density at radius 2 is 1.52 bits per heavy atom. The summed E-state index contributed by atoms with van der Waals surface area (Å²) in [7, 11) is 1.30. The van der Waals surface area contributed by atoms with Crippen molar-refractivity contribution < 1.29 is 27.9 Å². The minimum absolute atomic E-state index is 0.00434. The fourth-order valence-corrected chi connectivity index (χ4v) is 2.32. The first kappa shape index (κ1) is 16.7. The summed E-state index contributed by atoms with van der Waals surface area (Å²) in [6, 6.07) is 2.91. The predicted molar refractivity (Wildman–Crippen MR) is 100 cm³/mol. The quantitative estimate of drug-likeness (QED) is 0.639. The summed E-state index contributed by atoms with van der Waals surface area (Å²) < 4.78 is 39.7. The molecule has 25 heavy (non-hydrogen) atoms. The van der Waals surface area contributed by atoms with Gasteiger partial charge in [0, 0.05) is 14.1 Å². The van der Waals surface area contributed by atoms with Crippen molar-refractivity contribution >= 4 is 33.8 Å². The Morgan fingerprint density at radius 1 is 1.04 bits per heavy atom. The standard InChI is InChI=1S/C18H26BrNO5/c1-11-13(23-8)10-9-12(19)14(11)20(15(21)24-17(2,3)4)16(22)25-18(5,6)7/h9-10H,1-8H3/i1D3. The second-order valence-corrected chi connectivity index (χ2v) is 8.12. The summed E-state index contributed by atoms with van der Waals surface area (Å²) in [5.41, 5.74) is -2.39. The number of benzene rings is 1. The molecular formula is C18H26BrNO5. The van der Waals surface area contributed by atoms with Crippen LogP contribution in [0.5, 0.6) is 5.75 Å². The number of imide groups is 1. The minimum Gasteiger partial charge on any atom is -0.496 e. The molecule has 1 rings (SSSR count). The molecule has 1 aromatic carbocycles. The monoisotopic (exact) mass is 418 g/mol. The van der Waals surface area contributed by atoms with E-state index in [-0.39, 0.29) is 21.5 Å². The highest BCUT2D eigenvalue weighted by molar-refractivity contribution is 9.10. The van der Waals surface area contributed by atoms with E-state index in [9.17, 15) is 9.59 Å². The molecule has 0 radical (unpaired) electrons. The van der Waals surface area contributed by atoms with Gasteiger partial charge in [-0.15, -0.1) is 0 Å². The first-order valence-electron chi connectivity index (χ1n) is 9.11. The Morgan fingerprint density at radius 3 is 1.88 bits per heavy atom. The van der Waals surface area contributed by atoms with Gasteiger partial charge in [-0.05, 0) is 76.5 Å². The predicted octanol–water partition coefficient (Wildman–Crippen LogP) is 5.44. The molecule has 7 heteroatoms. The summed E-state index contributed by atoms with van der Waals surface area (Å²) in [6.45, 7) is 7.08. The molecule has 0 aliphatic heterocycles.